The maximum atomic E-state index is 10.6. The average Bonchev–Trinajstić information content (AvgIpc) is 2.38. The summed E-state index contributed by atoms with van der Waals surface area (Å²) >= 11 is 0. The highest BCUT2D eigenvalue weighted by atomic mass is 16.6. The molecule has 0 radical (unpaired) electrons. The van der Waals surface area contributed by atoms with Crippen LogP contribution >= 0.6 is 0 Å². The van der Waals surface area contributed by atoms with E-state index in [0.717, 1.165) is 5.75 Å². The number of amides is 1. The number of hydrogen-bond acceptors (Lipinski definition) is 3. The minimum Gasteiger partial charge on any atom is -0.490 e. The van der Waals surface area contributed by atoms with Crippen LogP contribution in [0.3, 0.4) is 0 Å². The number of para-hydroxylation sites is 1. The Bertz CT molecular complexity index is 275. The Morgan fingerprint density at radius 2 is 1.81 bits per heavy atom. The lowest BCUT2D eigenvalue weighted by atomic mass is 10.3. The van der Waals surface area contributed by atoms with E-state index in [0.29, 0.717) is 6.61 Å². The van der Waals surface area contributed by atoms with Crippen molar-refractivity contribution in [3.05, 3.63) is 30.3 Å². The summed E-state index contributed by atoms with van der Waals surface area (Å²) in [5.41, 5.74) is 0. The molecule has 0 aliphatic heterocycles. The summed E-state index contributed by atoms with van der Waals surface area (Å²) in [4.78, 5) is 10.6. The first-order valence-corrected chi connectivity index (χ1v) is 5.35. The van der Waals surface area contributed by atoms with Gasteiger partial charge in [-0.2, -0.15) is 0 Å². The van der Waals surface area contributed by atoms with Crippen LogP contribution in [-0.2, 0) is 4.74 Å². The fourth-order valence-corrected chi connectivity index (χ4v) is 0.883. The Balaban J connectivity index is 0.00000106. The zero-order valence-corrected chi connectivity index (χ0v) is 10.0. The predicted octanol–water partition coefficient (Wildman–Crippen LogP) is 2.45. The van der Waals surface area contributed by atoms with Crippen LogP contribution in [-0.4, -0.2) is 26.4 Å². The third-order valence-corrected chi connectivity index (χ3v) is 1.53. The summed E-state index contributed by atoms with van der Waals surface area (Å²) in [7, 11) is 1.51. The summed E-state index contributed by atoms with van der Waals surface area (Å²) in [6.45, 7) is 4.60. The summed E-state index contributed by atoms with van der Waals surface area (Å²) in [5.74, 6) is 0.771. The van der Waals surface area contributed by atoms with Crippen molar-refractivity contribution >= 4 is 6.09 Å². The highest BCUT2D eigenvalue weighted by Crippen LogP contribution is 2.07. The molecule has 0 atom stereocenters. The monoisotopic (exact) mass is 225 g/mol. The largest absolute Gasteiger partial charge is 0.490 e. The highest BCUT2D eigenvalue weighted by molar-refractivity contribution is 5.66. The molecule has 0 aliphatic rings. The van der Waals surface area contributed by atoms with Gasteiger partial charge in [0.1, 0.15) is 19.0 Å². The van der Waals surface area contributed by atoms with Gasteiger partial charge in [-0.15, -0.1) is 0 Å². The first kappa shape index (κ1) is 14.3. The second-order valence-electron chi connectivity index (χ2n) is 2.55. The van der Waals surface area contributed by atoms with E-state index in [1.165, 1.54) is 7.05 Å². The Morgan fingerprint density at radius 3 is 2.38 bits per heavy atom. The van der Waals surface area contributed by atoms with Crippen molar-refractivity contribution in [2.75, 3.05) is 20.3 Å². The molecule has 0 spiro atoms. The Hall–Kier alpha value is -1.71. The lowest BCUT2D eigenvalue weighted by Crippen LogP contribution is -2.21. The van der Waals surface area contributed by atoms with Gasteiger partial charge in [0.2, 0.25) is 0 Å². The van der Waals surface area contributed by atoms with Crippen LogP contribution in [0.25, 0.3) is 0 Å². The van der Waals surface area contributed by atoms with E-state index >= 15 is 0 Å². The first-order chi connectivity index (χ1) is 7.83. The number of ether oxygens (including phenoxy) is 2. The molecular formula is C12H19NO3. The molecule has 1 rings (SSSR count). The topological polar surface area (TPSA) is 47.6 Å². The van der Waals surface area contributed by atoms with Gasteiger partial charge in [-0.3, -0.25) is 0 Å². The van der Waals surface area contributed by atoms with E-state index in [2.05, 4.69) is 5.32 Å². The van der Waals surface area contributed by atoms with Gasteiger partial charge in [0.25, 0.3) is 0 Å². The van der Waals surface area contributed by atoms with Gasteiger partial charge in [0.15, 0.2) is 0 Å². The number of rotatable bonds is 4. The van der Waals surface area contributed by atoms with E-state index in [1.54, 1.807) is 0 Å². The van der Waals surface area contributed by atoms with Crippen LogP contribution in [0.15, 0.2) is 30.3 Å². The Kier molecular flexibility index (Phi) is 8.78. The van der Waals surface area contributed by atoms with E-state index in [9.17, 15) is 4.79 Å². The summed E-state index contributed by atoms with van der Waals surface area (Å²) in [5, 5.41) is 2.35. The zero-order chi connectivity index (χ0) is 12.2. The standard InChI is InChI=1S/C10H13NO3.C2H6/c1-11-10(12)14-8-7-13-9-5-3-2-4-6-9;1-2/h2-6H,7-8H2,1H3,(H,11,12);1-2H3. The van der Waals surface area contributed by atoms with Gasteiger partial charge in [0.05, 0.1) is 0 Å². The Labute approximate surface area is 96.6 Å². The summed E-state index contributed by atoms with van der Waals surface area (Å²) in [6, 6.07) is 9.37. The smallest absolute Gasteiger partial charge is 0.406 e. The van der Waals surface area contributed by atoms with Gasteiger partial charge >= 0.3 is 6.09 Å². The molecule has 0 unspecified atom stereocenters. The van der Waals surface area contributed by atoms with Gasteiger partial charge in [0, 0.05) is 7.05 Å². The maximum Gasteiger partial charge on any atom is 0.406 e. The highest BCUT2D eigenvalue weighted by Gasteiger charge is 1.96. The average molecular weight is 225 g/mol. The molecule has 16 heavy (non-hydrogen) atoms. The predicted molar refractivity (Wildman–Crippen MR) is 63.7 cm³/mol. The molecule has 0 aliphatic carbocycles. The molecule has 1 aromatic rings. The summed E-state index contributed by atoms with van der Waals surface area (Å²) in [6.07, 6.45) is -0.443. The number of carbonyl (C=O) groups is 1. The van der Waals surface area contributed by atoms with Crippen LogP contribution in [0.5, 0.6) is 5.75 Å². The van der Waals surface area contributed by atoms with Crippen molar-refractivity contribution < 1.29 is 14.3 Å². The van der Waals surface area contributed by atoms with E-state index in [-0.39, 0.29) is 6.61 Å². The van der Waals surface area contributed by atoms with Crippen molar-refractivity contribution in [1.82, 2.24) is 5.32 Å². The van der Waals surface area contributed by atoms with Gasteiger partial charge in [-0.25, -0.2) is 4.79 Å². The van der Waals surface area contributed by atoms with Crippen LogP contribution in [0.4, 0.5) is 4.79 Å². The van der Waals surface area contributed by atoms with Crippen molar-refractivity contribution in [1.29, 1.82) is 0 Å². The number of carbonyl (C=O) groups excluding carboxylic acids is 1. The fraction of sp³-hybridized carbons (Fsp3) is 0.417. The molecule has 1 aromatic carbocycles. The lowest BCUT2D eigenvalue weighted by molar-refractivity contribution is 0.127. The van der Waals surface area contributed by atoms with Crippen molar-refractivity contribution in [2.24, 2.45) is 0 Å². The minimum atomic E-state index is -0.443. The van der Waals surface area contributed by atoms with Crippen LogP contribution in [0.2, 0.25) is 0 Å². The molecule has 4 heteroatoms. The van der Waals surface area contributed by atoms with Gasteiger partial charge in [-0.1, -0.05) is 32.0 Å². The molecule has 0 bridgehead atoms. The fourth-order valence-electron chi connectivity index (χ4n) is 0.883. The van der Waals surface area contributed by atoms with Gasteiger partial charge < -0.3 is 14.8 Å². The Morgan fingerprint density at radius 1 is 1.19 bits per heavy atom. The van der Waals surface area contributed by atoms with E-state index in [1.807, 2.05) is 44.2 Å². The molecule has 0 saturated heterocycles. The molecule has 0 saturated carbocycles. The molecule has 0 heterocycles. The van der Waals surface area contributed by atoms with E-state index in [4.69, 9.17) is 9.47 Å². The third-order valence-electron chi connectivity index (χ3n) is 1.53. The zero-order valence-electron chi connectivity index (χ0n) is 10.0. The van der Waals surface area contributed by atoms with Crippen molar-refractivity contribution in [3.63, 3.8) is 0 Å². The first-order valence-electron chi connectivity index (χ1n) is 5.35. The van der Waals surface area contributed by atoms with Crippen LogP contribution in [0, 0.1) is 0 Å². The maximum absolute atomic E-state index is 10.6. The molecule has 0 aromatic heterocycles. The third kappa shape index (κ3) is 6.70. The molecular weight excluding hydrogens is 206 g/mol. The van der Waals surface area contributed by atoms with Gasteiger partial charge in [-0.05, 0) is 12.1 Å². The SMILES string of the molecule is CC.CNC(=O)OCCOc1ccccc1. The minimum absolute atomic E-state index is 0.245. The van der Waals surface area contributed by atoms with Crippen molar-refractivity contribution in [3.8, 4) is 5.75 Å². The molecule has 0 fully saturated rings. The lowest BCUT2D eigenvalue weighted by Gasteiger charge is -2.06. The molecule has 1 N–H and O–H groups in total. The number of benzene rings is 1. The van der Waals surface area contributed by atoms with Crippen LogP contribution < -0.4 is 10.1 Å². The molecule has 90 valence electrons. The second-order valence-corrected chi connectivity index (χ2v) is 2.55. The van der Waals surface area contributed by atoms with Crippen LogP contribution in [0.1, 0.15) is 13.8 Å². The molecule has 1 amide bonds. The van der Waals surface area contributed by atoms with Crippen molar-refractivity contribution in [2.45, 2.75) is 13.8 Å². The normalized spacial score (nSPS) is 8.44. The molecule has 4 nitrogen and oxygen atoms in total. The van der Waals surface area contributed by atoms with E-state index < -0.39 is 6.09 Å². The second kappa shape index (κ2) is 9.83. The number of nitrogens with one attached hydrogen (secondary N) is 1. The number of alkyl carbamates (subject to hydrolysis) is 1. The quantitative estimate of drug-likeness (QED) is 0.801. The number of hydrogen-bond donors (Lipinski definition) is 1. The summed E-state index contributed by atoms with van der Waals surface area (Å²) < 4.78 is 10.0.